The van der Waals surface area contributed by atoms with Crippen molar-refractivity contribution >= 4 is 17.7 Å². The molecule has 0 aromatic carbocycles. The molecule has 0 atom stereocenters. The van der Waals surface area contributed by atoms with Gasteiger partial charge in [0.25, 0.3) is 5.91 Å². The molecule has 1 saturated carbocycles. The number of Topliss-reactive ketones (excluding diaryl/α,β-unsaturated/α-hetero) is 1. The number of urea groups is 1. The number of hydrogen-bond donors (Lipinski definition) is 1. The van der Waals surface area contributed by atoms with Gasteiger partial charge in [0, 0.05) is 23.0 Å². The number of carbonyl (C=O) groups is 3. The third-order valence-electron chi connectivity index (χ3n) is 6.25. The van der Waals surface area contributed by atoms with Crippen LogP contribution in [0.4, 0.5) is 4.79 Å². The van der Waals surface area contributed by atoms with Crippen LogP contribution in [0.15, 0.2) is 16.7 Å². The summed E-state index contributed by atoms with van der Waals surface area (Å²) in [6, 6.07) is 3.08. The summed E-state index contributed by atoms with van der Waals surface area (Å²) in [5.41, 5.74) is 1.17. The zero-order valence-corrected chi connectivity index (χ0v) is 17.2. The van der Waals surface area contributed by atoms with Crippen LogP contribution in [0.25, 0.3) is 5.82 Å². The lowest BCUT2D eigenvalue weighted by atomic mass is 9.77. The van der Waals surface area contributed by atoms with Crippen LogP contribution in [-0.2, 0) is 4.79 Å². The van der Waals surface area contributed by atoms with E-state index in [1.807, 2.05) is 18.4 Å². The first-order valence-electron chi connectivity index (χ1n) is 10.0. The normalized spacial score (nSPS) is 24.4. The molecular formula is C21H26N4O4. The fourth-order valence-electron chi connectivity index (χ4n) is 4.50. The highest BCUT2D eigenvalue weighted by Crippen LogP contribution is 2.36. The number of nitrogens with zero attached hydrogens (tertiary/aromatic N) is 3. The zero-order valence-electron chi connectivity index (χ0n) is 17.2. The Bertz CT molecular complexity index is 994. The van der Waals surface area contributed by atoms with E-state index in [4.69, 9.17) is 4.52 Å². The van der Waals surface area contributed by atoms with Crippen molar-refractivity contribution in [3.05, 3.63) is 34.8 Å². The van der Waals surface area contributed by atoms with Gasteiger partial charge in [-0.05, 0) is 58.4 Å². The molecule has 3 heterocycles. The lowest BCUT2D eigenvalue weighted by Gasteiger charge is -2.33. The number of aromatic nitrogens is 2. The molecule has 0 unspecified atom stereocenters. The Morgan fingerprint density at radius 1 is 1.24 bits per heavy atom. The number of aryl methyl sites for hydroxylation is 2. The number of amides is 3. The topological polar surface area (TPSA) is 97.4 Å². The summed E-state index contributed by atoms with van der Waals surface area (Å²) < 4.78 is 6.98. The Hall–Kier alpha value is -2.90. The number of ketones is 1. The van der Waals surface area contributed by atoms with Crippen LogP contribution in [0, 0.1) is 26.7 Å². The minimum atomic E-state index is -0.834. The maximum atomic E-state index is 13.0. The van der Waals surface area contributed by atoms with E-state index in [-0.39, 0.29) is 18.2 Å². The van der Waals surface area contributed by atoms with Crippen molar-refractivity contribution in [2.75, 3.05) is 6.54 Å². The first kappa shape index (κ1) is 19.4. The van der Waals surface area contributed by atoms with Gasteiger partial charge < -0.3 is 9.84 Å². The molecule has 1 saturated heterocycles. The van der Waals surface area contributed by atoms with Gasteiger partial charge in [-0.3, -0.25) is 19.1 Å². The van der Waals surface area contributed by atoms with Gasteiger partial charge in [0.2, 0.25) is 0 Å². The van der Waals surface area contributed by atoms with E-state index in [1.165, 1.54) is 0 Å². The lowest BCUT2D eigenvalue weighted by molar-refractivity contribution is -0.132. The Labute approximate surface area is 169 Å². The first-order valence-corrected chi connectivity index (χ1v) is 10.0. The smallest absolute Gasteiger partial charge is 0.325 e. The van der Waals surface area contributed by atoms with Gasteiger partial charge in [-0.25, -0.2) is 4.79 Å². The van der Waals surface area contributed by atoms with Gasteiger partial charge in [0.05, 0.1) is 6.54 Å². The number of rotatable bonds is 4. The predicted octanol–water partition coefficient (Wildman–Crippen LogP) is 3.07. The van der Waals surface area contributed by atoms with Crippen LogP contribution in [0.1, 0.15) is 60.1 Å². The second kappa shape index (κ2) is 6.86. The summed E-state index contributed by atoms with van der Waals surface area (Å²) in [5.74, 6) is 1.28. The molecule has 3 amide bonds. The molecule has 1 spiro atoms. The average Bonchev–Trinajstić information content (AvgIpc) is 3.29. The summed E-state index contributed by atoms with van der Waals surface area (Å²) in [6.45, 7) is 7.39. The Morgan fingerprint density at radius 2 is 1.93 bits per heavy atom. The van der Waals surface area contributed by atoms with Crippen molar-refractivity contribution < 1.29 is 18.9 Å². The van der Waals surface area contributed by atoms with Gasteiger partial charge in [-0.2, -0.15) is 0 Å². The van der Waals surface area contributed by atoms with Crippen LogP contribution in [-0.4, -0.2) is 44.4 Å². The molecular weight excluding hydrogens is 372 g/mol. The molecule has 1 aliphatic heterocycles. The highest BCUT2D eigenvalue weighted by molar-refractivity contribution is 6.11. The molecule has 8 heteroatoms. The first-order chi connectivity index (χ1) is 13.7. The van der Waals surface area contributed by atoms with E-state index < -0.39 is 11.6 Å². The maximum absolute atomic E-state index is 13.0. The van der Waals surface area contributed by atoms with E-state index in [0.29, 0.717) is 41.6 Å². The van der Waals surface area contributed by atoms with Gasteiger partial charge in [0.15, 0.2) is 11.6 Å². The van der Waals surface area contributed by atoms with Gasteiger partial charge in [-0.15, -0.1) is 0 Å². The second-order valence-electron chi connectivity index (χ2n) is 8.43. The Morgan fingerprint density at radius 3 is 2.55 bits per heavy atom. The van der Waals surface area contributed by atoms with E-state index in [0.717, 1.165) is 23.4 Å². The summed E-state index contributed by atoms with van der Waals surface area (Å²) in [5, 5.41) is 6.88. The SMILES string of the molecule is Cc1cc(-n2c(C)cc(C(=O)CN3C(=O)NC4(CCC(C)CC4)C3=O)c2C)no1. The molecule has 8 nitrogen and oxygen atoms in total. The van der Waals surface area contributed by atoms with Crippen molar-refractivity contribution in [1.82, 2.24) is 19.9 Å². The second-order valence-corrected chi connectivity index (χ2v) is 8.43. The van der Waals surface area contributed by atoms with Crippen molar-refractivity contribution in [2.45, 2.75) is 58.9 Å². The predicted molar refractivity (Wildman–Crippen MR) is 105 cm³/mol. The van der Waals surface area contributed by atoms with Crippen LogP contribution in [0.3, 0.4) is 0 Å². The van der Waals surface area contributed by atoms with E-state index in [1.54, 1.807) is 19.1 Å². The lowest BCUT2D eigenvalue weighted by Crippen LogP contribution is -2.49. The molecule has 0 bridgehead atoms. The molecule has 2 aliphatic rings. The highest BCUT2D eigenvalue weighted by Gasteiger charge is 2.52. The van der Waals surface area contributed by atoms with E-state index in [9.17, 15) is 14.4 Å². The molecule has 1 aliphatic carbocycles. The Kier molecular flexibility index (Phi) is 4.59. The minimum absolute atomic E-state index is 0.260. The fraction of sp³-hybridized carbons (Fsp3) is 0.524. The molecule has 2 aromatic rings. The molecule has 29 heavy (non-hydrogen) atoms. The van der Waals surface area contributed by atoms with Crippen molar-refractivity contribution in [3.63, 3.8) is 0 Å². The molecule has 2 aromatic heterocycles. The van der Waals surface area contributed by atoms with Gasteiger partial charge >= 0.3 is 6.03 Å². The number of nitrogens with one attached hydrogen (secondary N) is 1. The quantitative estimate of drug-likeness (QED) is 0.630. The van der Waals surface area contributed by atoms with E-state index >= 15 is 0 Å². The molecule has 154 valence electrons. The monoisotopic (exact) mass is 398 g/mol. The highest BCUT2D eigenvalue weighted by atomic mass is 16.5. The summed E-state index contributed by atoms with van der Waals surface area (Å²) in [4.78, 5) is 39.6. The van der Waals surface area contributed by atoms with Crippen LogP contribution < -0.4 is 5.32 Å². The van der Waals surface area contributed by atoms with Gasteiger partial charge in [-0.1, -0.05) is 12.1 Å². The number of imide groups is 1. The summed E-state index contributed by atoms with van der Waals surface area (Å²) in [7, 11) is 0. The molecule has 4 rings (SSSR count). The number of hydrogen-bond acceptors (Lipinski definition) is 5. The third kappa shape index (κ3) is 3.16. The average molecular weight is 398 g/mol. The fourth-order valence-corrected chi connectivity index (χ4v) is 4.50. The van der Waals surface area contributed by atoms with Crippen molar-refractivity contribution in [2.24, 2.45) is 5.92 Å². The third-order valence-corrected chi connectivity index (χ3v) is 6.25. The molecule has 1 N–H and O–H groups in total. The molecule has 2 fully saturated rings. The summed E-state index contributed by atoms with van der Waals surface area (Å²) >= 11 is 0. The standard InChI is InChI=1S/C21H26N4O4/c1-12-5-7-21(8-6-12)19(27)24(20(28)22-21)11-17(26)16-9-13(2)25(15(16)4)18-10-14(3)29-23-18/h9-10,12H,5-8,11H2,1-4H3,(H,22,28). The minimum Gasteiger partial charge on any atom is -0.360 e. The number of carbonyl (C=O) groups excluding carboxylic acids is 3. The van der Waals surface area contributed by atoms with E-state index in [2.05, 4.69) is 17.4 Å². The molecule has 0 radical (unpaired) electrons. The van der Waals surface area contributed by atoms with Crippen molar-refractivity contribution in [1.29, 1.82) is 0 Å². The summed E-state index contributed by atoms with van der Waals surface area (Å²) in [6.07, 6.45) is 3.05. The Balaban J connectivity index is 1.56. The van der Waals surface area contributed by atoms with Gasteiger partial charge in [0.1, 0.15) is 11.3 Å². The van der Waals surface area contributed by atoms with Crippen LogP contribution >= 0.6 is 0 Å². The maximum Gasteiger partial charge on any atom is 0.325 e. The van der Waals surface area contributed by atoms with Crippen LogP contribution in [0.2, 0.25) is 0 Å². The van der Waals surface area contributed by atoms with Crippen LogP contribution in [0.5, 0.6) is 0 Å². The zero-order chi connectivity index (χ0) is 20.9. The van der Waals surface area contributed by atoms with Crippen molar-refractivity contribution in [3.8, 4) is 5.82 Å². The largest absolute Gasteiger partial charge is 0.360 e.